The van der Waals surface area contributed by atoms with Gasteiger partial charge >= 0.3 is 0 Å². The summed E-state index contributed by atoms with van der Waals surface area (Å²) in [5, 5.41) is 1.14. The molecule has 2 aromatic rings. The van der Waals surface area contributed by atoms with Gasteiger partial charge in [-0.3, -0.25) is 0 Å². The van der Waals surface area contributed by atoms with Crippen LogP contribution >= 0.6 is 35.4 Å². The molecule has 1 heterocycles. The lowest BCUT2D eigenvalue weighted by molar-refractivity contribution is 0.195. The third-order valence-electron chi connectivity index (χ3n) is 4.43. The van der Waals surface area contributed by atoms with E-state index in [1.54, 1.807) is 0 Å². The van der Waals surface area contributed by atoms with Gasteiger partial charge in [-0.25, -0.2) is 0 Å². The van der Waals surface area contributed by atoms with Gasteiger partial charge in [-0.2, -0.15) is 0 Å². The summed E-state index contributed by atoms with van der Waals surface area (Å²) in [4.78, 5) is 3.25. The van der Waals surface area contributed by atoms with Crippen molar-refractivity contribution < 1.29 is 0 Å². The first-order chi connectivity index (χ1) is 9.37. The van der Waals surface area contributed by atoms with Gasteiger partial charge in [0.2, 0.25) is 0 Å². The van der Waals surface area contributed by atoms with E-state index < -0.39 is 0 Å². The molecule has 1 aliphatic carbocycles. The Morgan fingerprint density at radius 1 is 1.20 bits per heavy atom. The third-order valence-corrected chi connectivity index (χ3v) is 5.45. The fourth-order valence-electron chi connectivity index (χ4n) is 3.13. The standard InChI is InChI=1S/C15H18Cl2N2S/c1-15(2)5-3-9(4-6-15)19-13-8-11(17)10(16)7-12(13)18-14(19)20/h7-9H,3-6H2,1-2H3,(H,18,20). The monoisotopic (exact) mass is 328 g/mol. The lowest BCUT2D eigenvalue weighted by Gasteiger charge is -2.35. The van der Waals surface area contributed by atoms with Crippen LogP contribution in [0.3, 0.4) is 0 Å². The van der Waals surface area contributed by atoms with Crippen molar-refractivity contribution in [3.63, 3.8) is 0 Å². The van der Waals surface area contributed by atoms with Gasteiger partial charge in [0, 0.05) is 6.04 Å². The van der Waals surface area contributed by atoms with Crippen LogP contribution in [0.1, 0.15) is 45.6 Å². The molecular formula is C15H18Cl2N2S. The van der Waals surface area contributed by atoms with Crippen molar-refractivity contribution in [2.24, 2.45) is 5.41 Å². The lowest BCUT2D eigenvalue weighted by atomic mass is 9.75. The number of H-pyrrole nitrogens is 1. The Bertz CT molecular complexity index is 704. The molecule has 0 saturated heterocycles. The molecule has 5 heteroatoms. The maximum atomic E-state index is 6.16. The van der Waals surface area contributed by atoms with Crippen molar-refractivity contribution in [2.75, 3.05) is 0 Å². The molecule has 0 atom stereocenters. The summed E-state index contributed by atoms with van der Waals surface area (Å²) in [5.41, 5.74) is 2.48. The normalized spacial score (nSPS) is 19.6. The highest BCUT2D eigenvalue weighted by atomic mass is 35.5. The summed E-state index contributed by atoms with van der Waals surface area (Å²) >= 11 is 17.7. The number of aromatic amines is 1. The predicted molar refractivity (Wildman–Crippen MR) is 88.4 cm³/mol. The first kappa shape index (κ1) is 14.4. The molecule has 1 aromatic heterocycles. The maximum absolute atomic E-state index is 6.16. The van der Waals surface area contributed by atoms with Gasteiger partial charge < -0.3 is 9.55 Å². The van der Waals surface area contributed by atoms with Crippen LogP contribution in [0.25, 0.3) is 11.0 Å². The molecule has 0 amide bonds. The summed E-state index contributed by atoms with van der Waals surface area (Å²) in [7, 11) is 0. The van der Waals surface area contributed by atoms with E-state index in [9.17, 15) is 0 Å². The summed E-state index contributed by atoms with van der Waals surface area (Å²) in [6.07, 6.45) is 4.78. The molecule has 0 unspecified atom stereocenters. The van der Waals surface area contributed by atoms with Crippen molar-refractivity contribution in [1.82, 2.24) is 9.55 Å². The number of aromatic nitrogens is 2. The number of halogens is 2. The number of nitrogens with zero attached hydrogens (tertiary/aromatic N) is 1. The summed E-state index contributed by atoms with van der Waals surface area (Å²) < 4.78 is 2.99. The number of fused-ring (bicyclic) bond motifs is 1. The second-order valence-electron chi connectivity index (χ2n) is 6.48. The highest BCUT2D eigenvalue weighted by Gasteiger charge is 2.28. The minimum absolute atomic E-state index is 0.450. The quantitative estimate of drug-likeness (QED) is 0.623. The Balaban J connectivity index is 2.06. The fraction of sp³-hybridized carbons (Fsp3) is 0.533. The molecule has 1 aliphatic rings. The fourth-order valence-corrected chi connectivity index (χ4v) is 3.80. The smallest absolute Gasteiger partial charge is 0.178 e. The second-order valence-corrected chi connectivity index (χ2v) is 7.68. The number of nitrogens with one attached hydrogen (secondary N) is 1. The lowest BCUT2D eigenvalue weighted by Crippen LogP contribution is -2.23. The Kier molecular flexibility index (Phi) is 3.64. The van der Waals surface area contributed by atoms with E-state index in [0.29, 0.717) is 21.5 Å². The molecular weight excluding hydrogens is 311 g/mol. The summed E-state index contributed by atoms with van der Waals surface area (Å²) in [6.45, 7) is 4.68. The molecule has 1 N–H and O–H groups in total. The van der Waals surface area contributed by atoms with Crippen molar-refractivity contribution in [1.29, 1.82) is 0 Å². The van der Waals surface area contributed by atoms with Crippen molar-refractivity contribution in [3.8, 4) is 0 Å². The number of imidazole rings is 1. The Morgan fingerprint density at radius 3 is 2.45 bits per heavy atom. The number of rotatable bonds is 1. The van der Waals surface area contributed by atoms with Crippen LogP contribution in [0.15, 0.2) is 12.1 Å². The zero-order valence-corrected chi connectivity index (χ0v) is 14.0. The third kappa shape index (κ3) is 2.51. The summed E-state index contributed by atoms with van der Waals surface area (Å²) in [5.74, 6) is 0. The average Bonchev–Trinajstić information content (AvgIpc) is 2.66. The van der Waals surface area contributed by atoms with E-state index in [4.69, 9.17) is 35.4 Å². The molecule has 0 bridgehead atoms. The Hall–Kier alpha value is -0.510. The average molecular weight is 329 g/mol. The van der Waals surface area contributed by atoms with E-state index in [1.165, 1.54) is 12.8 Å². The van der Waals surface area contributed by atoms with Crippen molar-refractivity contribution >= 4 is 46.5 Å². The van der Waals surface area contributed by atoms with Crippen molar-refractivity contribution in [3.05, 3.63) is 26.9 Å². The summed E-state index contributed by atoms with van der Waals surface area (Å²) in [6, 6.07) is 4.24. The van der Waals surface area contributed by atoms with Crippen LogP contribution in [0.5, 0.6) is 0 Å². The van der Waals surface area contributed by atoms with Crippen LogP contribution in [0.2, 0.25) is 10.0 Å². The van der Waals surface area contributed by atoms with Crippen molar-refractivity contribution in [2.45, 2.75) is 45.6 Å². The van der Waals surface area contributed by atoms with Crippen LogP contribution < -0.4 is 0 Å². The van der Waals surface area contributed by atoms with Gasteiger partial charge in [0.25, 0.3) is 0 Å². The molecule has 3 rings (SSSR count). The van der Waals surface area contributed by atoms with E-state index in [0.717, 1.165) is 28.6 Å². The molecule has 0 spiro atoms. The van der Waals surface area contributed by atoms with E-state index in [2.05, 4.69) is 23.4 Å². The van der Waals surface area contributed by atoms with Gasteiger partial charge in [0.15, 0.2) is 4.77 Å². The van der Waals surface area contributed by atoms with E-state index in [-0.39, 0.29) is 0 Å². The van der Waals surface area contributed by atoms with Crippen LogP contribution in [-0.2, 0) is 0 Å². The van der Waals surface area contributed by atoms with Gasteiger partial charge in [-0.15, -0.1) is 0 Å². The van der Waals surface area contributed by atoms with Crippen LogP contribution in [-0.4, -0.2) is 9.55 Å². The molecule has 1 fully saturated rings. The van der Waals surface area contributed by atoms with Gasteiger partial charge in [0.1, 0.15) is 0 Å². The zero-order chi connectivity index (χ0) is 14.5. The number of hydrogen-bond acceptors (Lipinski definition) is 1. The minimum Gasteiger partial charge on any atom is -0.331 e. The molecule has 20 heavy (non-hydrogen) atoms. The molecule has 1 saturated carbocycles. The first-order valence-electron chi connectivity index (χ1n) is 6.97. The van der Waals surface area contributed by atoms with E-state index in [1.807, 2.05) is 12.1 Å². The molecule has 0 radical (unpaired) electrons. The maximum Gasteiger partial charge on any atom is 0.178 e. The molecule has 108 valence electrons. The van der Waals surface area contributed by atoms with Crippen LogP contribution in [0, 0.1) is 10.2 Å². The second kappa shape index (κ2) is 5.04. The highest BCUT2D eigenvalue weighted by Crippen LogP contribution is 2.41. The predicted octanol–water partition coefficient (Wildman–Crippen LogP) is 6.15. The Morgan fingerprint density at radius 2 is 1.80 bits per heavy atom. The minimum atomic E-state index is 0.450. The molecule has 0 aliphatic heterocycles. The number of benzene rings is 1. The first-order valence-corrected chi connectivity index (χ1v) is 8.13. The largest absolute Gasteiger partial charge is 0.331 e. The number of hydrogen-bond donors (Lipinski definition) is 1. The zero-order valence-electron chi connectivity index (χ0n) is 11.7. The topological polar surface area (TPSA) is 20.7 Å². The van der Waals surface area contributed by atoms with E-state index >= 15 is 0 Å². The van der Waals surface area contributed by atoms with Crippen LogP contribution in [0.4, 0.5) is 0 Å². The van der Waals surface area contributed by atoms with Gasteiger partial charge in [-0.05, 0) is 55.4 Å². The SMILES string of the molecule is CC1(C)CCC(n2c(=S)[nH]c3cc(Cl)c(Cl)cc32)CC1. The van der Waals surface area contributed by atoms with Gasteiger partial charge in [-0.1, -0.05) is 37.0 Å². The molecule has 2 nitrogen and oxygen atoms in total. The Labute approximate surface area is 134 Å². The molecule has 1 aromatic carbocycles. The highest BCUT2D eigenvalue weighted by molar-refractivity contribution is 7.71. The van der Waals surface area contributed by atoms with Gasteiger partial charge in [0.05, 0.1) is 21.1 Å².